The first-order chi connectivity index (χ1) is 14.1. The standard InChI is InChI=1S/C20H22N4O5/c1-28-19(26)16-8-7-14(29-16)12-23-15-6-4-10-22-17(15)18(25)24(20(23)27)11-13-5-2-3-9-21-13/h2-3,5,7-9,15,17,22H,4,6,10-12H2,1H3. The number of esters is 1. The number of pyridine rings is 1. The molecule has 1 N–H and O–H groups in total. The molecule has 4 heterocycles. The molecular weight excluding hydrogens is 376 g/mol. The van der Waals surface area contributed by atoms with Gasteiger partial charge in [0, 0.05) is 6.20 Å². The monoisotopic (exact) mass is 398 g/mol. The third-order valence-corrected chi connectivity index (χ3v) is 5.26. The zero-order valence-electron chi connectivity index (χ0n) is 16.0. The Morgan fingerprint density at radius 1 is 1.28 bits per heavy atom. The van der Waals surface area contributed by atoms with Gasteiger partial charge in [-0.3, -0.25) is 14.7 Å². The molecule has 9 heteroatoms. The number of methoxy groups -OCH3 is 1. The zero-order valence-corrected chi connectivity index (χ0v) is 16.0. The van der Waals surface area contributed by atoms with E-state index in [2.05, 4.69) is 15.0 Å². The number of hydrogen-bond acceptors (Lipinski definition) is 7. The molecule has 29 heavy (non-hydrogen) atoms. The number of rotatable bonds is 5. The summed E-state index contributed by atoms with van der Waals surface area (Å²) < 4.78 is 10.2. The topological polar surface area (TPSA) is 105 Å². The van der Waals surface area contributed by atoms with Crippen molar-refractivity contribution in [1.82, 2.24) is 20.1 Å². The first kappa shape index (κ1) is 19.1. The minimum atomic E-state index is -0.578. The van der Waals surface area contributed by atoms with Crippen LogP contribution in [0.3, 0.4) is 0 Å². The highest BCUT2D eigenvalue weighted by Gasteiger charge is 2.47. The molecule has 0 aliphatic carbocycles. The predicted molar refractivity (Wildman–Crippen MR) is 101 cm³/mol. The molecule has 152 valence electrons. The average molecular weight is 398 g/mol. The van der Waals surface area contributed by atoms with Crippen molar-refractivity contribution in [1.29, 1.82) is 0 Å². The lowest BCUT2D eigenvalue weighted by molar-refractivity contribution is -0.137. The Kier molecular flexibility index (Phi) is 5.30. The number of ether oxygens (including phenoxy) is 1. The average Bonchev–Trinajstić information content (AvgIpc) is 3.23. The summed E-state index contributed by atoms with van der Waals surface area (Å²) in [5, 5.41) is 3.25. The Labute approximate surface area is 167 Å². The number of carbonyl (C=O) groups is 3. The summed E-state index contributed by atoms with van der Waals surface area (Å²) in [6.45, 7) is 0.982. The van der Waals surface area contributed by atoms with Gasteiger partial charge in [-0.25, -0.2) is 9.59 Å². The molecule has 9 nitrogen and oxygen atoms in total. The second-order valence-electron chi connectivity index (χ2n) is 7.05. The SMILES string of the molecule is COC(=O)c1ccc(CN2C(=O)N(Cc3ccccn3)C(=O)C3NCCCC32)o1. The number of imide groups is 1. The lowest BCUT2D eigenvalue weighted by Crippen LogP contribution is -2.68. The third-order valence-electron chi connectivity index (χ3n) is 5.26. The molecule has 2 aromatic heterocycles. The number of hydrogen-bond donors (Lipinski definition) is 1. The minimum absolute atomic E-state index is 0.0756. The normalized spacial score (nSPS) is 21.8. The van der Waals surface area contributed by atoms with E-state index < -0.39 is 12.0 Å². The van der Waals surface area contributed by atoms with E-state index in [1.807, 2.05) is 6.07 Å². The highest BCUT2D eigenvalue weighted by molar-refractivity contribution is 6.00. The van der Waals surface area contributed by atoms with Crippen molar-refractivity contribution in [3.05, 3.63) is 53.7 Å². The fourth-order valence-electron chi connectivity index (χ4n) is 3.84. The van der Waals surface area contributed by atoms with Crippen LogP contribution in [0.15, 0.2) is 40.9 Å². The first-order valence-corrected chi connectivity index (χ1v) is 9.51. The van der Waals surface area contributed by atoms with Crippen molar-refractivity contribution in [2.75, 3.05) is 13.7 Å². The highest BCUT2D eigenvalue weighted by atomic mass is 16.5. The summed E-state index contributed by atoms with van der Waals surface area (Å²) in [5.74, 6) is -0.288. The molecule has 2 aliphatic heterocycles. The Bertz CT molecular complexity index is 913. The summed E-state index contributed by atoms with van der Waals surface area (Å²) in [6, 6.07) is 7.41. The number of aromatic nitrogens is 1. The molecule has 3 amide bonds. The summed E-state index contributed by atoms with van der Waals surface area (Å²) in [6.07, 6.45) is 3.21. The molecule has 0 radical (unpaired) electrons. The predicted octanol–water partition coefficient (Wildman–Crippen LogP) is 1.55. The van der Waals surface area contributed by atoms with Gasteiger partial charge in [-0.05, 0) is 43.7 Å². The number of nitrogens with one attached hydrogen (secondary N) is 1. The molecule has 2 atom stereocenters. The van der Waals surface area contributed by atoms with Crippen molar-refractivity contribution >= 4 is 17.9 Å². The van der Waals surface area contributed by atoms with E-state index >= 15 is 0 Å². The Balaban J connectivity index is 1.60. The number of nitrogens with zero attached hydrogens (tertiary/aromatic N) is 3. The molecule has 2 aliphatic rings. The third kappa shape index (κ3) is 3.73. The lowest BCUT2D eigenvalue weighted by atomic mass is 9.93. The largest absolute Gasteiger partial charge is 0.463 e. The number of amides is 3. The second-order valence-corrected chi connectivity index (χ2v) is 7.05. The summed E-state index contributed by atoms with van der Waals surface area (Å²) >= 11 is 0. The molecular formula is C20H22N4O5. The number of furan rings is 1. The van der Waals surface area contributed by atoms with Crippen molar-refractivity contribution < 1.29 is 23.5 Å². The maximum absolute atomic E-state index is 13.2. The van der Waals surface area contributed by atoms with Crippen LogP contribution in [0, 0.1) is 0 Å². The highest BCUT2D eigenvalue weighted by Crippen LogP contribution is 2.27. The van der Waals surface area contributed by atoms with Crippen LogP contribution in [0.1, 0.15) is 34.9 Å². The summed E-state index contributed by atoms with van der Waals surface area (Å²) in [4.78, 5) is 45.0. The zero-order chi connectivity index (χ0) is 20.4. The van der Waals surface area contributed by atoms with E-state index in [0.717, 1.165) is 19.4 Å². The van der Waals surface area contributed by atoms with Crippen LogP contribution in [0.25, 0.3) is 0 Å². The molecule has 2 fully saturated rings. The summed E-state index contributed by atoms with van der Waals surface area (Å²) in [7, 11) is 1.28. The maximum Gasteiger partial charge on any atom is 0.373 e. The molecule has 2 saturated heterocycles. The van der Waals surface area contributed by atoms with Gasteiger partial charge in [0.25, 0.3) is 0 Å². The van der Waals surface area contributed by atoms with Gasteiger partial charge in [0.1, 0.15) is 11.8 Å². The van der Waals surface area contributed by atoms with Crippen LogP contribution in [0.2, 0.25) is 0 Å². The number of carbonyl (C=O) groups excluding carboxylic acids is 3. The van der Waals surface area contributed by atoms with E-state index in [4.69, 9.17) is 4.42 Å². The van der Waals surface area contributed by atoms with E-state index in [1.165, 1.54) is 18.1 Å². The van der Waals surface area contributed by atoms with Crippen molar-refractivity contribution in [2.24, 2.45) is 0 Å². The van der Waals surface area contributed by atoms with Gasteiger partial charge in [0.05, 0.1) is 31.9 Å². The van der Waals surface area contributed by atoms with Gasteiger partial charge in [-0.2, -0.15) is 0 Å². The number of fused-ring (bicyclic) bond motifs is 1. The van der Waals surface area contributed by atoms with Gasteiger partial charge >= 0.3 is 12.0 Å². The molecule has 0 saturated carbocycles. The van der Waals surface area contributed by atoms with Crippen LogP contribution in [0.5, 0.6) is 0 Å². The Morgan fingerprint density at radius 2 is 2.14 bits per heavy atom. The first-order valence-electron chi connectivity index (χ1n) is 9.51. The fraction of sp³-hybridized carbons (Fsp3) is 0.400. The van der Waals surface area contributed by atoms with Crippen molar-refractivity contribution in [2.45, 2.75) is 38.0 Å². The van der Waals surface area contributed by atoms with Crippen LogP contribution in [-0.4, -0.2) is 58.4 Å². The molecule has 4 rings (SSSR count). The minimum Gasteiger partial charge on any atom is -0.463 e. The lowest BCUT2D eigenvalue weighted by Gasteiger charge is -2.46. The van der Waals surface area contributed by atoms with Crippen LogP contribution < -0.4 is 5.32 Å². The van der Waals surface area contributed by atoms with Crippen molar-refractivity contribution in [3.63, 3.8) is 0 Å². The Hall–Kier alpha value is -3.20. The van der Waals surface area contributed by atoms with Gasteiger partial charge in [0.15, 0.2) is 0 Å². The molecule has 0 bridgehead atoms. The van der Waals surface area contributed by atoms with Gasteiger partial charge in [0.2, 0.25) is 11.7 Å². The molecule has 2 aromatic rings. The molecule has 0 aromatic carbocycles. The van der Waals surface area contributed by atoms with E-state index in [1.54, 1.807) is 29.3 Å². The maximum atomic E-state index is 13.2. The number of urea groups is 1. The molecule has 0 spiro atoms. The van der Waals surface area contributed by atoms with E-state index in [-0.39, 0.29) is 36.8 Å². The van der Waals surface area contributed by atoms with E-state index in [0.29, 0.717) is 11.5 Å². The van der Waals surface area contributed by atoms with Gasteiger partial charge in [-0.1, -0.05) is 6.07 Å². The van der Waals surface area contributed by atoms with Gasteiger partial charge in [-0.15, -0.1) is 0 Å². The van der Waals surface area contributed by atoms with Crippen LogP contribution >= 0.6 is 0 Å². The second kappa shape index (κ2) is 8.04. The smallest absolute Gasteiger partial charge is 0.373 e. The summed E-state index contributed by atoms with van der Waals surface area (Å²) in [5.41, 5.74) is 0.634. The van der Waals surface area contributed by atoms with E-state index in [9.17, 15) is 14.4 Å². The number of piperidine rings is 1. The van der Waals surface area contributed by atoms with Crippen molar-refractivity contribution in [3.8, 4) is 0 Å². The fourth-order valence-corrected chi connectivity index (χ4v) is 3.84. The van der Waals surface area contributed by atoms with Gasteiger partial charge < -0.3 is 19.4 Å². The molecule has 2 unspecified atom stereocenters. The van der Waals surface area contributed by atoms with Crippen LogP contribution in [0.4, 0.5) is 4.79 Å². The quantitative estimate of drug-likeness (QED) is 0.762. The Morgan fingerprint density at radius 3 is 2.90 bits per heavy atom. The van der Waals surface area contributed by atoms with Crippen LogP contribution in [-0.2, 0) is 22.6 Å².